The molecule has 21 heavy (non-hydrogen) atoms. The van der Waals surface area contributed by atoms with Crippen LogP contribution < -0.4 is 15.4 Å². The molecule has 4 nitrogen and oxygen atoms in total. The van der Waals surface area contributed by atoms with Crippen molar-refractivity contribution in [2.75, 3.05) is 19.7 Å². The lowest BCUT2D eigenvalue weighted by Gasteiger charge is -2.10. The van der Waals surface area contributed by atoms with Crippen LogP contribution in [0, 0.1) is 5.82 Å². The molecular formula is C16H23FN2O2. The molecular weight excluding hydrogens is 271 g/mol. The fraction of sp³-hybridized carbons (Fsp3) is 0.562. The maximum atomic E-state index is 12.7. The number of carbonyl (C=O) groups is 1. The van der Waals surface area contributed by atoms with Gasteiger partial charge in [-0.05, 0) is 56.5 Å². The van der Waals surface area contributed by atoms with Gasteiger partial charge in [-0.3, -0.25) is 4.79 Å². The monoisotopic (exact) mass is 294 g/mol. The Morgan fingerprint density at radius 1 is 1.33 bits per heavy atom. The molecule has 5 heteroatoms. The number of benzene rings is 1. The maximum absolute atomic E-state index is 12.7. The molecule has 1 aromatic rings. The summed E-state index contributed by atoms with van der Waals surface area (Å²) in [6, 6.07) is 6.35. The zero-order chi connectivity index (χ0) is 14.9. The fourth-order valence-corrected chi connectivity index (χ4v) is 2.40. The van der Waals surface area contributed by atoms with E-state index in [4.69, 9.17) is 4.74 Å². The van der Waals surface area contributed by atoms with Crippen LogP contribution in [-0.4, -0.2) is 31.6 Å². The second-order valence-electron chi connectivity index (χ2n) is 5.36. The number of carbonyl (C=O) groups excluding carboxylic acids is 1. The molecule has 116 valence electrons. The van der Waals surface area contributed by atoms with Gasteiger partial charge in [0, 0.05) is 19.0 Å². The molecule has 1 fully saturated rings. The minimum Gasteiger partial charge on any atom is -0.494 e. The van der Waals surface area contributed by atoms with E-state index in [1.807, 2.05) is 0 Å². The van der Waals surface area contributed by atoms with Gasteiger partial charge in [-0.25, -0.2) is 4.39 Å². The minimum atomic E-state index is -0.262. The lowest BCUT2D eigenvalue weighted by Crippen LogP contribution is -2.32. The number of hydrogen-bond acceptors (Lipinski definition) is 3. The molecule has 1 aromatic carbocycles. The molecule has 0 spiro atoms. The molecule has 0 aliphatic carbocycles. The summed E-state index contributed by atoms with van der Waals surface area (Å²) in [6.07, 6.45) is 4.58. The van der Waals surface area contributed by atoms with Crippen molar-refractivity contribution in [2.24, 2.45) is 0 Å². The first kappa shape index (κ1) is 15.8. The highest BCUT2D eigenvalue weighted by atomic mass is 19.1. The van der Waals surface area contributed by atoms with E-state index in [0.717, 1.165) is 25.8 Å². The van der Waals surface area contributed by atoms with E-state index in [9.17, 15) is 9.18 Å². The molecule has 0 aromatic heterocycles. The average Bonchev–Trinajstić information content (AvgIpc) is 2.97. The first-order chi connectivity index (χ1) is 10.2. The quantitative estimate of drug-likeness (QED) is 0.723. The molecule has 2 rings (SSSR count). The van der Waals surface area contributed by atoms with Gasteiger partial charge in [-0.1, -0.05) is 0 Å². The Balaban J connectivity index is 1.47. The summed E-state index contributed by atoms with van der Waals surface area (Å²) in [7, 11) is 0. The van der Waals surface area contributed by atoms with Crippen molar-refractivity contribution >= 4 is 5.91 Å². The van der Waals surface area contributed by atoms with Gasteiger partial charge in [0.05, 0.1) is 6.61 Å². The molecule has 1 aliphatic rings. The summed E-state index contributed by atoms with van der Waals surface area (Å²) in [4.78, 5) is 11.7. The zero-order valence-electron chi connectivity index (χ0n) is 12.2. The van der Waals surface area contributed by atoms with Crippen LogP contribution >= 0.6 is 0 Å². The Morgan fingerprint density at radius 3 is 2.86 bits per heavy atom. The van der Waals surface area contributed by atoms with E-state index < -0.39 is 0 Å². The number of amides is 1. The number of hydrogen-bond donors (Lipinski definition) is 2. The largest absolute Gasteiger partial charge is 0.494 e. The molecule has 1 atom stereocenters. The number of rotatable bonds is 8. The molecule has 1 heterocycles. The van der Waals surface area contributed by atoms with Gasteiger partial charge in [0.15, 0.2) is 0 Å². The number of unbranched alkanes of at least 4 members (excludes halogenated alkanes) is 1. The molecule has 0 radical (unpaired) electrons. The van der Waals surface area contributed by atoms with Crippen molar-refractivity contribution in [1.29, 1.82) is 0 Å². The van der Waals surface area contributed by atoms with Crippen molar-refractivity contribution in [2.45, 2.75) is 38.1 Å². The van der Waals surface area contributed by atoms with Crippen molar-refractivity contribution in [3.8, 4) is 5.75 Å². The number of ether oxygens (including phenoxy) is 1. The summed E-state index contributed by atoms with van der Waals surface area (Å²) in [5.41, 5.74) is 0. The summed E-state index contributed by atoms with van der Waals surface area (Å²) in [5, 5.41) is 6.24. The first-order valence-electron chi connectivity index (χ1n) is 7.62. The maximum Gasteiger partial charge on any atom is 0.221 e. The van der Waals surface area contributed by atoms with Crippen LogP contribution in [0.3, 0.4) is 0 Å². The third-order valence-electron chi connectivity index (χ3n) is 3.57. The van der Waals surface area contributed by atoms with Gasteiger partial charge in [-0.15, -0.1) is 0 Å². The van der Waals surface area contributed by atoms with Crippen LogP contribution in [0.2, 0.25) is 0 Å². The van der Waals surface area contributed by atoms with Crippen molar-refractivity contribution in [3.63, 3.8) is 0 Å². The smallest absolute Gasteiger partial charge is 0.221 e. The van der Waals surface area contributed by atoms with Gasteiger partial charge in [0.25, 0.3) is 0 Å². The van der Waals surface area contributed by atoms with Crippen LogP contribution in [0.15, 0.2) is 24.3 Å². The van der Waals surface area contributed by atoms with Crippen LogP contribution in [0.25, 0.3) is 0 Å². The average molecular weight is 294 g/mol. The summed E-state index contributed by atoms with van der Waals surface area (Å²) < 4.78 is 18.2. The predicted octanol–water partition coefficient (Wildman–Crippen LogP) is 2.24. The standard InChI is InChI=1S/C16H23FN2O2/c17-13-5-7-15(8-6-13)21-11-2-1-9-19-16(20)12-14-4-3-10-18-14/h5-8,14,18H,1-4,9-12H2,(H,19,20). The second-order valence-corrected chi connectivity index (χ2v) is 5.36. The van der Waals surface area contributed by atoms with Gasteiger partial charge in [-0.2, -0.15) is 0 Å². The van der Waals surface area contributed by atoms with Crippen LogP contribution in [-0.2, 0) is 4.79 Å². The van der Waals surface area contributed by atoms with Gasteiger partial charge in [0.1, 0.15) is 11.6 Å². The Kier molecular flexibility index (Phi) is 6.47. The van der Waals surface area contributed by atoms with E-state index >= 15 is 0 Å². The van der Waals surface area contributed by atoms with E-state index in [-0.39, 0.29) is 11.7 Å². The highest BCUT2D eigenvalue weighted by Crippen LogP contribution is 2.11. The summed E-state index contributed by atoms with van der Waals surface area (Å²) in [6.45, 7) is 2.28. The lowest BCUT2D eigenvalue weighted by atomic mass is 10.1. The molecule has 1 aliphatic heterocycles. The normalized spacial score (nSPS) is 17.7. The van der Waals surface area contributed by atoms with Crippen molar-refractivity contribution in [3.05, 3.63) is 30.1 Å². The summed E-state index contributed by atoms with van der Waals surface area (Å²) >= 11 is 0. The molecule has 1 unspecified atom stereocenters. The molecule has 0 bridgehead atoms. The second kappa shape index (κ2) is 8.62. The third kappa shape index (κ3) is 6.12. The molecule has 1 saturated heterocycles. The topological polar surface area (TPSA) is 50.4 Å². The highest BCUT2D eigenvalue weighted by molar-refractivity contribution is 5.76. The van der Waals surface area contributed by atoms with Gasteiger partial charge >= 0.3 is 0 Å². The van der Waals surface area contributed by atoms with Crippen LogP contribution in [0.5, 0.6) is 5.75 Å². The lowest BCUT2D eigenvalue weighted by molar-refractivity contribution is -0.121. The van der Waals surface area contributed by atoms with E-state index in [0.29, 0.717) is 31.4 Å². The third-order valence-corrected chi connectivity index (χ3v) is 3.57. The van der Waals surface area contributed by atoms with Crippen molar-refractivity contribution in [1.82, 2.24) is 10.6 Å². The zero-order valence-corrected chi connectivity index (χ0v) is 12.2. The predicted molar refractivity (Wildman–Crippen MR) is 79.8 cm³/mol. The number of nitrogens with one attached hydrogen (secondary N) is 2. The fourth-order valence-electron chi connectivity index (χ4n) is 2.40. The van der Waals surface area contributed by atoms with E-state index in [1.165, 1.54) is 18.6 Å². The van der Waals surface area contributed by atoms with Crippen molar-refractivity contribution < 1.29 is 13.9 Å². The van der Waals surface area contributed by atoms with E-state index in [1.54, 1.807) is 12.1 Å². The van der Waals surface area contributed by atoms with E-state index in [2.05, 4.69) is 10.6 Å². The Bertz CT molecular complexity index is 430. The first-order valence-corrected chi connectivity index (χ1v) is 7.62. The van der Waals surface area contributed by atoms with Crippen LogP contribution in [0.1, 0.15) is 32.1 Å². The van der Waals surface area contributed by atoms with Crippen LogP contribution in [0.4, 0.5) is 4.39 Å². The molecule has 0 saturated carbocycles. The minimum absolute atomic E-state index is 0.119. The SMILES string of the molecule is O=C(CC1CCCN1)NCCCCOc1ccc(F)cc1. The molecule has 2 N–H and O–H groups in total. The Labute approximate surface area is 125 Å². The van der Waals surface area contributed by atoms with Gasteiger partial charge in [0.2, 0.25) is 5.91 Å². The molecule has 1 amide bonds. The highest BCUT2D eigenvalue weighted by Gasteiger charge is 2.16. The Morgan fingerprint density at radius 2 is 2.14 bits per heavy atom. The summed E-state index contributed by atoms with van der Waals surface area (Å²) in [5.74, 6) is 0.531. The van der Waals surface area contributed by atoms with Gasteiger partial charge < -0.3 is 15.4 Å². The Hall–Kier alpha value is -1.62. The number of halogens is 1.